The number of rotatable bonds is 5. The number of hydrogen-bond donors (Lipinski definition) is 2. The summed E-state index contributed by atoms with van der Waals surface area (Å²) in [5.74, 6) is 0.134. The second kappa shape index (κ2) is 6.54. The topological polar surface area (TPSA) is 66.8 Å². The van der Waals surface area contributed by atoms with E-state index in [4.69, 9.17) is 14.9 Å². The average Bonchev–Trinajstić information content (AvgIpc) is 2.46. The van der Waals surface area contributed by atoms with E-state index in [1.54, 1.807) is 42.5 Å². The average molecular weight is 270 g/mol. The molecule has 0 aliphatic rings. The van der Waals surface area contributed by atoms with Gasteiger partial charge in [0.05, 0.1) is 6.61 Å². The summed E-state index contributed by atoms with van der Waals surface area (Å²) in [4.78, 5) is 10.6. The smallest absolute Gasteiger partial charge is 0.328 e. The number of hydrogen-bond acceptors (Lipinski definition) is 3. The highest BCUT2D eigenvalue weighted by Crippen LogP contribution is 2.26. The monoisotopic (exact) mass is 270 g/mol. The molecule has 2 aromatic carbocycles. The number of para-hydroxylation sites is 1. The summed E-state index contributed by atoms with van der Waals surface area (Å²) in [7, 11) is 0. The van der Waals surface area contributed by atoms with E-state index >= 15 is 0 Å². The van der Waals surface area contributed by atoms with Crippen molar-refractivity contribution in [1.82, 2.24) is 0 Å². The second-order valence-corrected chi connectivity index (χ2v) is 4.12. The van der Waals surface area contributed by atoms with Crippen molar-refractivity contribution < 1.29 is 19.7 Å². The normalized spacial score (nSPS) is 10.7. The molecule has 0 aromatic heterocycles. The van der Waals surface area contributed by atoms with Gasteiger partial charge in [0.1, 0.15) is 11.5 Å². The van der Waals surface area contributed by atoms with Gasteiger partial charge in [0.15, 0.2) is 0 Å². The van der Waals surface area contributed by atoms with Gasteiger partial charge >= 0.3 is 5.97 Å². The van der Waals surface area contributed by atoms with Gasteiger partial charge < -0.3 is 14.9 Å². The van der Waals surface area contributed by atoms with E-state index in [2.05, 4.69) is 0 Å². The van der Waals surface area contributed by atoms with Gasteiger partial charge in [-0.3, -0.25) is 0 Å². The van der Waals surface area contributed by atoms with Crippen LogP contribution in [0.25, 0.3) is 6.08 Å². The quantitative estimate of drug-likeness (QED) is 0.819. The van der Waals surface area contributed by atoms with Crippen molar-refractivity contribution >= 4 is 12.0 Å². The van der Waals surface area contributed by atoms with Crippen LogP contribution in [0.2, 0.25) is 0 Å². The molecule has 0 spiro atoms. The fourth-order valence-corrected chi connectivity index (χ4v) is 1.71. The SMILES string of the molecule is O=C(O)C=Cc1ccccc1Oc1cccc(CO)c1. The van der Waals surface area contributed by atoms with Gasteiger partial charge in [-0.05, 0) is 29.8 Å². The van der Waals surface area contributed by atoms with Gasteiger partial charge in [0.2, 0.25) is 0 Å². The Balaban J connectivity index is 2.26. The summed E-state index contributed by atoms with van der Waals surface area (Å²) in [6.45, 7) is -0.0578. The Kier molecular flexibility index (Phi) is 4.52. The lowest BCUT2D eigenvalue weighted by Crippen LogP contribution is -1.90. The summed E-state index contributed by atoms with van der Waals surface area (Å²) >= 11 is 0. The van der Waals surface area contributed by atoms with E-state index in [1.807, 2.05) is 6.07 Å². The number of carboxylic acids is 1. The van der Waals surface area contributed by atoms with Crippen molar-refractivity contribution in [2.75, 3.05) is 0 Å². The first kappa shape index (κ1) is 13.8. The molecule has 0 atom stereocenters. The van der Waals surface area contributed by atoms with Crippen LogP contribution in [0.3, 0.4) is 0 Å². The fourth-order valence-electron chi connectivity index (χ4n) is 1.71. The molecule has 2 rings (SSSR count). The fraction of sp³-hybridized carbons (Fsp3) is 0.0625. The standard InChI is InChI=1S/C16H14O4/c17-11-12-4-3-6-14(10-12)20-15-7-2-1-5-13(15)8-9-16(18)19/h1-10,17H,11H2,(H,18,19). The van der Waals surface area contributed by atoms with Crippen LogP contribution in [-0.2, 0) is 11.4 Å². The van der Waals surface area contributed by atoms with Crippen molar-refractivity contribution in [1.29, 1.82) is 0 Å². The van der Waals surface area contributed by atoms with Gasteiger partial charge in [0, 0.05) is 11.6 Å². The van der Waals surface area contributed by atoms with E-state index in [9.17, 15) is 4.79 Å². The summed E-state index contributed by atoms with van der Waals surface area (Å²) in [5, 5.41) is 17.8. The highest BCUT2D eigenvalue weighted by Gasteiger charge is 2.03. The molecule has 0 unspecified atom stereocenters. The molecule has 20 heavy (non-hydrogen) atoms. The van der Waals surface area contributed by atoms with Crippen LogP contribution in [0.15, 0.2) is 54.6 Å². The van der Waals surface area contributed by atoms with Crippen molar-refractivity contribution in [2.45, 2.75) is 6.61 Å². The molecular formula is C16H14O4. The minimum Gasteiger partial charge on any atom is -0.478 e. The summed E-state index contributed by atoms with van der Waals surface area (Å²) in [6.07, 6.45) is 2.54. The lowest BCUT2D eigenvalue weighted by atomic mass is 10.2. The molecule has 0 radical (unpaired) electrons. The van der Waals surface area contributed by atoms with Gasteiger partial charge in [-0.15, -0.1) is 0 Å². The van der Waals surface area contributed by atoms with Gasteiger partial charge in [-0.2, -0.15) is 0 Å². The van der Waals surface area contributed by atoms with Gasteiger partial charge in [-0.1, -0.05) is 30.3 Å². The number of aliphatic hydroxyl groups is 1. The molecule has 2 aromatic rings. The van der Waals surface area contributed by atoms with Crippen LogP contribution in [-0.4, -0.2) is 16.2 Å². The maximum atomic E-state index is 10.6. The molecule has 0 aliphatic heterocycles. The largest absolute Gasteiger partial charge is 0.478 e. The van der Waals surface area contributed by atoms with E-state index in [-0.39, 0.29) is 6.61 Å². The Labute approximate surface area is 116 Å². The first-order valence-electron chi connectivity index (χ1n) is 6.07. The molecule has 0 saturated carbocycles. The van der Waals surface area contributed by atoms with Crippen LogP contribution >= 0.6 is 0 Å². The van der Waals surface area contributed by atoms with E-state index in [1.165, 1.54) is 6.08 Å². The zero-order valence-corrected chi connectivity index (χ0v) is 10.7. The Bertz CT molecular complexity index is 632. The van der Waals surface area contributed by atoms with Crippen LogP contribution in [0.5, 0.6) is 11.5 Å². The number of carboxylic acid groups (broad SMARTS) is 1. The predicted octanol–water partition coefficient (Wildman–Crippen LogP) is 3.07. The second-order valence-electron chi connectivity index (χ2n) is 4.12. The molecule has 0 fully saturated rings. The third-order valence-corrected chi connectivity index (χ3v) is 2.63. The minimum absolute atomic E-state index is 0.0578. The molecule has 4 heteroatoms. The molecule has 0 aliphatic carbocycles. The van der Waals surface area contributed by atoms with Gasteiger partial charge in [-0.25, -0.2) is 4.79 Å². The first-order valence-corrected chi connectivity index (χ1v) is 6.07. The Morgan fingerprint density at radius 1 is 1.15 bits per heavy atom. The first-order chi connectivity index (χ1) is 9.69. The molecule has 0 saturated heterocycles. The lowest BCUT2D eigenvalue weighted by Gasteiger charge is -2.09. The van der Waals surface area contributed by atoms with Crippen LogP contribution < -0.4 is 4.74 Å². The van der Waals surface area contributed by atoms with E-state index in [0.29, 0.717) is 17.1 Å². The molecule has 0 heterocycles. The highest BCUT2D eigenvalue weighted by molar-refractivity contribution is 5.85. The highest BCUT2D eigenvalue weighted by atomic mass is 16.5. The number of benzene rings is 2. The van der Waals surface area contributed by atoms with Crippen LogP contribution in [0, 0.1) is 0 Å². The Hall–Kier alpha value is -2.59. The zero-order chi connectivity index (χ0) is 14.4. The summed E-state index contributed by atoms with van der Waals surface area (Å²) < 4.78 is 5.73. The molecule has 0 amide bonds. The maximum Gasteiger partial charge on any atom is 0.328 e. The summed E-state index contributed by atoms with van der Waals surface area (Å²) in [6, 6.07) is 14.2. The van der Waals surface area contributed by atoms with Gasteiger partial charge in [0.25, 0.3) is 0 Å². The maximum absolute atomic E-state index is 10.6. The Morgan fingerprint density at radius 2 is 1.95 bits per heavy atom. The van der Waals surface area contributed by atoms with Crippen LogP contribution in [0.4, 0.5) is 0 Å². The lowest BCUT2D eigenvalue weighted by molar-refractivity contribution is -0.131. The third-order valence-electron chi connectivity index (χ3n) is 2.63. The number of carbonyl (C=O) groups is 1. The molecule has 4 nitrogen and oxygen atoms in total. The van der Waals surface area contributed by atoms with Crippen molar-refractivity contribution in [3.63, 3.8) is 0 Å². The number of aliphatic hydroxyl groups excluding tert-OH is 1. The zero-order valence-electron chi connectivity index (χ0n) is 10.7. The van der Waals surface area contributed by atoms with Crippen molar-refractivity contribution in [2.24, 2.45) is 0 Å². The minimum atomic E-state index is -1.01. The van der Waals surface area contributed by atoms with Crippen LogP contribution in [0.1, 0.15) is 11.1 Å². The molecule has 2 N–H and O–H groups in total. The van der Waals surface area contributed by atoms with Crippen molar-refractivity contribution in [3.05, 3.63) is 65.7 Å². The molecular weight excluding hydrogens is 256 g/mol. The summed E-state index contributed by atoms with van der Waals surface area (Å²) in [5.41, 5.74) is 1.42. The number of aliphatic carboxylic acids is 1. The Morgan fingerprint density at radius 3 is 2.70 bits per heavy atom. The third kappa shape index (κ3) is 3.70. The van der Waals surface area contributed by atoms with E-state index in [0.717, 1.165) is 11.6 Å². The van der Waals surface area contributed by atoms with E-state index < -0.39 is 5.97 Å². The predicted molar refractivity (Wildman–Crippen MR) is 75.6 cm³/mol. The molecule has 102 valence electrons. The van der Waals surface area contributed by atoms with Crippen molar-refractivity contribution in [3.8, 4) is 11.5 Å². The molecule has 0 bridgehead atoms. The number of ether oxygens (including phenoxy) is 1.